The third-order valence-corrected chi connectivity index (χ3v) is 8.07. The Kier molecular flexibility index (Phi) is 9.14. The van der Waals surface area contributed by atoms with Crippen molar-refractivity contribution in [3.05, 3.63) is 88.1 Å². The molecule has 2 saturated heterocycles. The topological polar surface area (TPSA) is 60.9 Å². The fourth-order valence-electron chi connectivity index (χ4n) is 5.46. The molecule has 212 valence electrons. The van der Waals surface area contributed by atoms with E-state index in [1.807, 2.05) is 12.1 Å². The van der Waals surface area contributed by atoms with Gasteiger partial charge in [-0.25, -0.2) is 13.8 Å². The molecule has 0 aliphatic carbocycles. The first-order valence-electron chi connectivity index (χ1n) is 13.6. The molecule has 0 bridgehead atoms. The maximum Gasteiger partial charge on any atom is 0.253 e. The molecule has 3 heterocycles. The summed E-state index contributed by atoms with van der Waals surface area (Å²) in [5, 5.41) is 3.04. The van der Waals surface area contributed by atoms with Crippen molar-refractivity contribution >= 4 is 23.3 Å². The van der Waals surface area contributed by atoms with E-state index in [1.165, 1.54) is 17.8 Å². The third kappa shape index (κ3) is 6.89. The van der Waals surface area contributed by atoms with E-state index in [4.69, 9.17) is 16.3 Å². The number of halogens is 3. The van der Waals surface area contributed by atoms with Crippen molar-refractivity contribution in [2.45, 2.75) is 32.0 Å². The predicted octanol–water partition coefficient (Wildman–Crippen LogP) is 4.74. The van der Waals surface area contributed by atoms with Gasteiger partial charge in [-0.2, -0.15) is 0 Å². The quantitative estimate of drug-likeness (QED) is 0.423. The van der Waals surface area contributed by atoms with Crippen LogP contribution in [0, 0.1) is 11.6 Å². The van der Waals surface area contributed by atoms with E-state index < -0.39 is 17.5 Å². The van der Waals surface area contributed by atoms with E-state index >= 15 is 0 Å². The van der Waals surface area contributed by atoms with Crippen molar-refractivity contribution in [3.63, 3.8) is 0 Å². The van der Waals surface area contributed by atoms with Gasteiger partial charge in [0.25, 0.3) is 5.91 Å². The summed E-state index contributed by atoms with van der Waals surface area (Å²) in [5.74, 6) is -0.239. The molecule has 3 aromatic rings. The number of rotatable bonds is 8. The van der Waals surface area contributed by atoms with Crippen molar-refractivity contribution in [2.24, 2.45) is 0 Å². The number of hydrogen-bond donors (Lipinski definition) is 1. The van der Waals surface area contributed by atoms with Crippen LogP contribution in [0.1, 0.15) is 34.3 Å². The van der Waals surface area contributed by atoms with Gasteiger partial charge in [-0.15, -0.1) is 0 Å². The summed E-state index contributed by atoms with van der Waals surface area (Å²) in [6, 6.07) is 13.7. The summed E-state index contributed by atoms with van der Waals surface area (Å²) in [4.78, 5) is 24.3. The van der Waals surface area contributed by atoms with Crippen LogP contribution >= 0.6 is 11.6 Å². The SMILES string of the molecule is COc1ccc(CN2CCC(N3CCN(c4ncc(C(=O)NCc5ccc(F)cc5F)cc4Cl)CC3)CC2)cc1. The molecular weight excluding hydrogens is 536 g/mol. The first-order valence-corrected chi connectivity index (χ1v) is 14.0. The summed E-state index contributed by atoms with van der Waals surface area (Å²) in [6.07, 6.45) is 3.80. The highest BCUT2D eigenvalue weighted by molar-refractivity contribution is 6.33. The molecule has 0 unspecified atom stereocenters. The van der Waals surface area contributed by atoms with Gasteiger partial charge in [-0.1, -0.05) is 29.8 Å². The molecule has 0 radical (unpaired) electrons. The first-order chi connectivity index (χ1) is 19.4. The van der Waals surface area contributed by atoms with E-state index in [0.717, 1.165) is 76.5 Å². The van der Waals surface area contributed by atoms with Gasteiger partial charge in [-0.3, -0.25) is 14.6 Å². The summed E-state index contributed by atoms with van der Waals surface area (Å²) in [6.45, 7) is 6.57. The number of methoxy groups -OCH3 is 1. The van der Waals surface area contributed by atoms with Crippen molar-refractivity contribution < 1.29 is 18.3 Å². The van der Waals surface area contributed by atoms with Gasteiger partial charge in [0.15, 0.2) is 0 Å². The van der Waals surface area contributed by atoms with Gasteiger partial charge in [0.1, 0.15) is 23.2 Å². The third-order valence-electron chi connectivity index (χ3n) is 7.79. The van der Waals surface area contributed by atoms with Crippen LogP contribution < -0.4 is 15.0 Å². The van der Waals surface area contributed by atoms with Crippen LogP contribution in [-0.4, -0.2) is 73.1 Å². The predicted molar refractivity (Wildman–Crippen MR) is 152 cm³/mol. The maximum absolute atomic E-state index is 13.9. The van der Waals surface area contributed by atoms with Crippen LogP contribution in [0.25, 0.3) is 0 Å². The van der Waals surface area contributed by atoms with Gasteiger partial charge >= 0.3 is 0 Å². The first kappa shape index (κ1) is 28.3. The molecule has 1 aromatic heterocycles. The standard InChI is InChI=1S/C30H34ClF2N5O2/c1-40-26-6-2-21(3-7-26)20-36-10-8-25(9-11-36)37-12-14-38(15-13-37)29-27(31)16-23(19-34-29)30(39)35-18-22-4-5-24(32)17-28(22)33/h2-7,16-17,19,25H,8-15,18,20H2,1H3,(H,35,39). The molecule has 1 N–H and O–H groups in total. The van der Waals surface area contributed by atoms with Gasteiger partial charge in [0.2, 0.25) is 0 Å². The van der Waals surface area contributed by atoms with Crippen molar-refractivity contribution in [2.75, 3.05) is 51.3 Å². The van der Waals surface area contributed by atoms with Gasteiger partial charge < -0.3 is 15.0 Å². The molecule has 0 atom stereocenters. The lowest BCUT2D eigenvalue weighted by atomic mass is 10.0. The number of benzene rings is 2. The Morgan fingerprint density at radius 1 is 1.02 bits per heavy atom. The number of anilines is 1. The van der Waals surface area contributed by atoms with Crippen molar-refractivity contribution in [3.8, 4) is 5.75 Å². The Hall–Kier alpha value is -3.27. The van der Waals surface area contributed by atoms with Crippen LogP contribution in [0.2, 0.25) is 5.02 Å². The molecule has 5 rings (SSSR count). The number of likely N-dealkylation sites (tertiary alicyclic amines) is 1. The number of pyridine rings is 1. The van der Waals surface area contributed by atoms with Crippen LogP contribution in [0.3, 0.4) is 0 Å². The fourth-order valence-corrected chi connectivity index (χ4v) is 5.75. The number of ether oxygens (including phenoxy) is 1. The molecule has 0 saturated carbocycles. The normalized spacial score (nSPS) is 17.1. The Bertz CT molecular complexity index is 1310. The lowest BCUT2D eigenvalue weighted by molar-refractivity contribution is 0.0950. The molecule has 2 aliphatic heterocycles. The van der Waals surface area contributed by atoms with E-state index in [0.29, 0.717) is 16.9 Å². The van der Waals surface area contributed by atoms with Crippen molar-refractivity contribution in [1.82, 2.24) is 20.1 Å². The smallest absolute Gasteiger partial charge is 0.253 e. The largest absolute Gasteiger partial charge is 0.497 e. The lowest BCUT2D eigenvalue weighted by Crippen LogP contribution is -2.53. The molecular formula is C30H34ClF2N5O2. The maximum atomic E-state index is 13.9. The number of piperidine rings is 1. The second kappa shape index (κ2) is 12.9. The molecule has 10 heteroatoms. The highest BCUT2D eigenvalue weighted by atomic mass is 35.5. The number of carbonyl (C=O) groups excluding carboxylic acids is 1. The monoisotopic (exact) mass is 569 g/mol. The van der Waals surface area contributed by atoms with Gasteiger partial charge in [-0.05, 0) is 55.8 Å². The summed E-state index contributed by atoms with van der Waals surface area (Å²) in [7, 11) is 1.69. The Morgan fingerprint density at radius 2 is 1.75 bits per heavy atom. The van der Waals surface area contributed by atoms with Gasteiger partial charge in [0.05, 0.1) is 17.7 Å². The number of amides is 1. The number of nitrogens with one attached hydrogen (secondary N) is 1. The lowest BCUT2D eigenvalue weighted by Gasteiger charge is -2.43. The van der Waals surface area contributed by atoms with Crippen LogP contribution in [0.15, 0.2) is 54.7 Å². The minimum Gasteiger partial charge on any atom is -0.497 e. The highest BCUT2D eigenvalue weighted by Crippen LogP contribution is 2.27. The molecule has 40 heavy (non-hydrogen) atoms. The molecule has 0 spiro atoms. The fraction of sp³-hybridized carbons (Fsp3) is 0.400. The molecule has 2 fully saturated rings. The van der Waals surface area contributed by atoms with E-state index in [-0.39, 0.29) is 17.7 Å². The summed E-state index contributed by atoms with van der Waals surface area (Å²) >= 11 is 6.54. The second-order valence-electron chi connectivity index (χ2n) is 10.3. The number of piperazine rings is 1. The summed E-state index contributed by atoms with van der Waals surface area (Å²) in [5.41, 5.74) is 1.80. The number of carbonyl (C=O) groups is 1. The highest BCUT2D eigenvalue weighted by Gasteiger charge is 2.28. The number of hydrogen-bond acceptors (Lipinski definition) is 6. The van der Waals surface area contributed by atoms with E-state index in [1.54, 1.807) is 13.2 Å². The van der Waals surface area contributed by atoms with E-state index in [2.05, 4.69) is 37.1 Å². The zero-order valence-corrected chi connectivity index (χ0v) is 23.3. The Labute approximate surface area is 238 Å². The average molecular weight is 570 g/mol. The minimum atomic E-state index is -0.704. The van der Waals surface area contributed by atoms with Crippen LogP contribution in [0.5, 0.6) is 5.75 Å². The molecule has 7 nitrogen and oxygen atoms in total. The van der Waals surface area contributed by atoms with E-state index in [9.17, 15) is 13.6 Å². The molecule has 1 amide bonds. The van der Waals surface area contributed by atoms with Crippen molar-refractivity contribution in [1.29, 1.82) is 0 Å². The average Bonchev–Trinajstić information content (AvgIpc) is 2.97. The van der Waals surface area contributed by atoms with Gasteiger partial charge in [0, 0.05) is 63.1 Å². The second-order valence-corrected chi connectivity index (χ2v) is 10.7. The zero-order chi connectivity index (χ0) is 28.1. The Morgan fingerprint density at radius 3 is 2.40 bits per heavy atom. The Balaban J connectivity index is 1.08. The number of aromatic nitrogens is 1. The molecule has 2 aromatic carbocycles. The zero-order valence-electron chi connectivity index (χ0n) is 22.6. The number of nitrogens with zero attached hydrogens (tertiary/aromatic N) is 4. The van der Waals surface area contributed by atoms with Crippen LogP contribution in [0.4, 0.5) is 14.6 Å². The minimum absolute atomic E-state index is 0.0628. The van der Waals surface area contributed by atoms with Crippen LogP contribution in [-0.2, 0) is 13.1 Å². The molecule has 2 aliphatic rings. The summed E-state index contributed by atoms with van der Waals surface area (Å²) < 4.78 is 32.2.